The van der Waals surface area contributed by atoms with Crippen molar-refractivity contribution in [2.75, 3.05) is 6.54 Å². The molecule has 0 radical (unpaired) electrons. The molecule has 3 aliphatic rings. The average Bonchev–Trinajstić information content (AvgIpc) is 3.26. The molecular weight excluding hydrogens is 320 g/mol. The van der Waals surface area contributed by atoms with Crippen molar-refractivity contribution in [2.45, 2.75) is 57.0 Å². The smallest absolute Gasteiger partial charge is 0.328 e. The third kappa shape index (κ3) is 2.84. The number of benzene rings is 1. The number of likely N-dealkylation sites (tertiary alicyclic amines) is 1. The van der Waals surface area contributed by atoms with Gasteiger partial charge in [0.25, 0.3) is 11.8 Å². The quantitative estimate of drug-likeness (QED) is 0.790. The van der Waals surface area contributed by atoms with Crippen LogP contribution in [0.4, 0.5) is 0 Å². The standard InChI is InChI=1S/C19H22N2O4/c22-17-14-9-3-4-10-15(14)18(23)21(17)25-19(24)16-11-5-6-12-20(16)13-7-1-2-8-13/h3-4,9-10,13,16H,1-2,5-8,11-12H2. The van der Waals surface area contributed by atoms with Crippen LogP contribution in [-0.4, -0.2) is 46.4 Å². The van der Waals surface area contributed by atoms with Gasteiger partial charge in [-0.25, -0.2) is 4.79 Å². The van der Waals surface area contributed by atoms with Gasteiger partial charge in [0.1, 0.15) is 6.04 Å². The zero-order chi connectivity index (χ0) is 17.4. The van der Waals surface area contributed by atoms with Crippen molar-refractivity contribution in [2.24, 2.45) is 0 Å². The number of amides is 2. The van der Waals surface area contributed by atoms with E-state index < -0.39 is 17.8 Å². The normalized spacial score (nSPS) is 24.6. The molecule has 6 nitrogen and oxygen atoms in total. The maximum atomic E-state index is 12.8. The lowest BCUT2D eigenvalue weighted by molar-refractivity contribution is -0.177. The number of rotatable bonds is 3. The summed E-state index contributed by atoms with van der Waals surface area (Å²) in [4.78, 5) is 45.0. The second-order valence-corrected chi connectivity index (χ2v) is 7.05. The molecule has 4 rings (SSSR count). The average molecular weight is 342 g/mol. The van der Waals surface area contributed by atoms with E-state index in [1.807, 2.05) is 0 Å². The molecule has 1 unspecified atom stereocenters. The fraction of sp³-hybridized carbons (Fsp3) is 0.526. The largest absolute Gasteiger partial charge is 0.350 e. The highest BCUT2D eigenvalue weighted by Gasteiger charge is 2.42. The van der Waals surface area contributed by atoms with E-state index in [0.717, 1.165) is 38.6 Å². The number of hydroxylamine groups is 2. The van der Waals surface area contributed by atoms with Crippen LogP contribution in [0.5, 0.6) is 0 Å². The summed E-state index contributed by atoms with van der Waals surface area (Å²) in [5, 5.41) is 0.633. The number of imide groups is 1. The van der Waals surface area contributed by atoms with Gasteiger partial charge in [-0.05, 0) is 44.4 Å². The second kappa shape index (κ2) is 6.59. The van der Waals surface area contributed by atoms with E-state index in [1.165, 1.54) is 12.8 Å². The number of carbonyl (C=O) groups is 3. The van der Waals surface area contributed by atoms with Crippen LogP contribution in [0.25, 0.3) is 0 Å². The van der Waals surface area contributed by atoms with E-state index in [-0.39, 0.29) is 17.2 Å². The van der Waals surface area contributed by atoms with Gasteiger partial charge in [-0.2, -0.15) is 0 Å². The monoisotopic (exact) mass is 342 g/mol. The number of fused-ring (bicyclic) bond motifs is 1. The van der Waals surface area contributed by atoms with Crippen LogP contribution in [0.15, 0.2) is 24.3 Å². The van der Waals surface area contributed by atoms with Gasteiger partial charge in [-0.15, -0.1) is 0 Å². The lowest BCUT2D eigenvalue weighted by Crippen LogP contribution is -2.51. The van der Waals surface area contributed by atoms with Crippen molar-refractivity contribution in [3.05, 3.63) is 35.4 Å². The molecule has 0 N–H and O–H groups in total. The van der Waals surface area contributed by atoms with Crippen LogP contribution in [0, 0.1) is 0 Å². The molecule has 25 heavy (non-hydrogen) atoms. The van der Waals surface area contributed by atoms with Gasteiger partial charge >= 0.3 is 5.97 Å². The minimum Gasteiger partial charge on any atom is -0.328 e. The summed E-state index contributed by atoms with van der Waals surface area (Å²) in [5.41, 5.74) is 0.577. The number of carbonyl (C=O) groups excluding carboxylic acids is 3. The van der Waals surface area contributed by atoms with Crippen molar-refractivity contribution in [3.63, 3.8) is 0 Å². The van der Waals surface area contributed by atoms with E-state index in [0.29, 0.717) is 11.1 Å². The predicted molar refractivity (Wildman–Crippen MR) is 89.6 cm³/mol. The lowest BCUT2D eigenvalue weighted by atomic mass is 9.99. The Morgan fingerprint density at radius 1 is 0.920 bits per heavy atom. The summed E-state index contributed by atoms with van der Waals surface area (Å²) in [5.74, 6) is -1.60. The highest BCUT2D eigenvalue weighted by atomic mass is 16.7. The third-order valence-corrected chi connectivity index (χ3v) is 5.55. The van der Waals surface area contributed by atoms with Crippen LogP contribution >= 0.6 is 0 Å². The van der Waals surface area contributed by atoms with Crippen molar-refractivity contribution < 1.29 is 19.2 Å². The number of hydrogen-bond acceptors (Lipinski definition) is 5. The van der Waals surface area contributed by atoms with Gasteiger partial charge in [0, 0.05) is 6.04 Å². The molecule has 0 aromatic heterocycles. The molecule has 0 bridgehead atoms. The van der Waals surface area contributed by atoms with E-state index in [1.54, 1.807) is 24.3 Å². The Labute approximate surface area is 146 Å². The first-order chi connectivity index (χ1) is 12.2. The number of piperidine rings is 1. The van der Waals surface area contributed by atoms with Gasteiger partial charge in [0.05, 0.1) is 11.1 Å². The predicted octanol–water partition coefficient (Wildman–Crippen LogP) is 2.54. The van der Waals surface area contributed by atoms with Crippen LogP contribution in [0.1, 0.15) is 65.7 Å². The topological polar surface area (TPSA) is 66.9 Å². The van der Waals surface area contributed by atoms with Gasteiger partial charge in [-0.3, -0.25) is 14.5 Å². The van der Waals surface area contributed by atoms with Crippen LogP contribution in [0.3, 0.4) is 0 Å². The first kappa shape index (κ1) is 16.3. The lowest BCUT2D eigenvalue weighted by Gasteiger charge is -2.38. The fourth-order valence-electron chi connectivity index (χ4n) is 4.28. The molecule has 6 heteroatoms. The molecule has 1 saturated heterocycles. The first-order valence-electron chi connectivity index (χ1n) is 9.12. The Kier molecular flexibility index (Phi) is 4.29. The molecule has 2 heterocycles. The molecular formula is C19H22N2O4. The van der Waals surface area contributed by atoms with Gasteiger partial charge in [-0.1, -0.05) is 36.5 Å². The maximum Gasteiger partial charge on any atom is 0.350 e. The first-order valence-corrected chi connectivity index (χ1v) is 9.12. The van der Waals surface area contributed by atoms with Crippen molar-refractivity contribution in [3.8, 4) is 0 Å². The number of nitrogens with zero attached hydrogens (tertiary/aromatic N) is 2. The Bertz CT molecular complexity index is 676. The molecule has 0 spiro atoms. The summed E-state index contributed by atoms with van der Waals surface area (Å²) in [7, 11) is 0. The fourth-order valence-corrected chi connectivity index (χ4v) is 4.28. The van der Waals surface area contributed by atoms with Gasteiger partial charge in [0.15, 0.2) is 0 Å². The van der Waals surface area contributed by atoms with E-state index >= 15 is 0 Å². The summed E-state index contributed by atoms with van der Waals surface area (Å²) in [6.45, 7) is 0.881. The molecule has 2 amide bonds. The Hall–Kier alpha value is -2.21. The van der Waals surface area contributed by atoms with Crippen LogP contribution < -0.4 is 0 Å². The molecule has 2 aliphatic heterocycles. The molecule has 1 atom stereocenters. The van der Waals surface area contributed by atoms with Crippen molar-refractivity contribution in [1.29, 1.82) is 0 Å². The molecule has 2 fully saturated rings. The Balaban J connectivity index is 1.49. The van der Waals surface area contributed by atoms with Crippen LogP contribution in [-0.2, 0) is 9.63 Å². The minimum atomic E-state index is -0.558. The molecule has 1 saturated carbocycles. The molecule has 1 aromatic rings. The SMILES string of the molecule is O=C(ON1C(=O)c2ccccc2C1=O)C1CCCCN1C1CCCC1. The molecule has 1 aromatic carbocycles. The highest BCUT2D eigenvalue weighted by Crippen LogP contribution is 2.31. The highest BCUT2D eigenvalue weighted by molar-refractivity contribution is 6.20. The van der Waals surface area contributed by atoms with E-state index in [4.69, 9.17) is 4.84 Å². The minimum absolute atomic E-state index is 0.289. The van der Waals surface area contributed by atoms with E-state index in [2.05, 4.69) is 4.90 Å². The zero-order valence-corrected chi connectivity index (χ0v) is 14.1. The van der Waals surface area contributed by atoms with Crippen molar-refractivity contribution >= 4 is 17.8 Å². The van der Waals surface area contributed by atoms with Gasteiger partial charge in [0.2, 0.25) is 0 Å². The van der Waals surface area contributed by atoms with E-state index in [9.17, 15) is 14.4 Å². The summed E-state index contributed by atoms with van der Waals surface area (Å²) < 4.78 is 0. The Morgan fingerprint density at radius 2 is 1.52 bits per heavy atom. The van der Waals surface area contributed by atoms with Gasteiger partial charge < -0.3 is 4.84 Å². The summed E-state index contributed by atoms with van der Waals surface area (Å²) in [6.07, 6.45) is 7.37. The summed E-state index contributed by atoms with van der Waals surface area (Å²) in [6, 6.07) is 6.60. The number of hydrogen-bond donors (Lipinski definition) is 0. The second-order valence-electron chi connectivity index (χ2n) is 7.05. The van der Waals surface area contributed by atoms with Crippen LogP contribution in [0.2, 0.25) is 0 Å². The zero-order valence-electron chi connectivity index (χ0n) is 14.1. The molecule has 1 aliphatic carbocycles. The maximum absolute atomic E-state index is 12.8. The third-order valence-electron chi connectivity index (χ3n) is 5.55. The Morgan fingerprint density at radius 3 is 2.16 bits per heavy atom. The summed E-state index contributed by atoms with van der Waals surface area (Å²) >= 11 is 0. The molecule has 132 valence electrons. The van der Waals surface area contributed by atoms with Crippen molar-refractivity contribution in [1.82, 2.24) is 9.96 Å².